The number of phenolic OH excluding ortho intramolecular Hbond substituents is 1. The van der Waals surface area contributed by atoms with E-state index < -0.39 is 11.8 Å². The number of aromatic hydroxyl groups is 1. The van der Waals surface area contributed by atoms with Gasteiger partial charge in [-0.05, 0) is 31.5 Å². The molecule has 0 heterocycles. The van der Waals surface area contributed by atoms with Crippen molar-refractivity contribution in [3.8, 4) is 5.75 Å². The summed E-state index contributed by atoms with van der Waals surface area (Å²) in [6.45, 7) is 3.69. The first-order valence-corrected chi connectivity index (χ1v) is 5.92. The molecule has 1 unspecified atom stereocenters. The molecular formula is C12H15ClN2O3. The Labute approximate surface area is 110 Å². The van der Waals surface area contributed by atoms with Gasteiger partial charge in [-0.1, -0.05) is 18.5 Å². The second kappa shape index (κ2) is 6.26. The summed E-state index contributed by atoms with van der Waals surface area (Å²) in [7, 11) is 0. The molecule has 0 aliphatic carbocycles. The van der Waals surface area contributed by atoms with Gasteiger partial charge in [-0.2, -0.15) is 0 Å². The number of carbonyl (C=O) groups is 2. The van der Waals surface area contributed by atoms with Gasteiger partial charge in [0.1, 0.15) is 5.75 Å². The smallest absolute Gasteiger partial charge is 0.313 e. The lowest BCUT2D eigenvalue weighted by Gasteiger charge is -2.11. The molecule has 0 saturated heterocycles. The van der Waals surface area contributed by atoms with E-state index >= 15 is 0 Å². The number of halogens is 1. The van der Waals surface area contributed by atoms with Crippen LogP contribution in [0.4, 0.5) is 5.69 Å². The summed E-state index contributed by atoms with van der Waals surface area (Å²) in [5.74, 6) is -1.74. The van der Waals surface area contributed by atoms with Gasteiger partial charge in [-0.25, -0.2) is 0 Å². The normalized spacial score (nSPS) is 11.7. The molecule has 0 bridgehead atoms. The molecule has 3 N–H and O–H groups in total. The van der Waals surface area contributed by atoms with Crippen LogP contribution in [0.3, 0.4) is 0 Å². The molecule has 0 saturated carbocycles. The van der Waals surface area contributed by atoms with Crippen molar-refractivity contribution in [2.24, 2.45) is 0 Å². The maximum atomic E-state index is 11.6. The van der Waals surface area contributed by atoms with Crippen LogP contribution in [0.2, 0.25) is 5.02 Å². The van der Waals surface area contributed by atoms with Crippen molar-refractivity contribution in [1.82, 2.24) is 5.32 Å². The first-order valence-electron chi connectivity index (χ1n) is 5.54. The third-order valence-corrected chi connectivity index (χ3v) is 2.64. The fourth-order valence-electron chi connectivity index (χ4n) is 1.18. The van der Waals surface area contributed by atoms with E-state index in [-0.39, 0.29) is 17.5 Å². The van der Waals surface area contributed by atoms with Crippen LogP contribution >= 0.6 is 11.6 Å². The lowest BCUT2D eigenvalue weighted by Crippen LogP contribution is -2.40. The Bertz CT molecular complexity index is 463. The largest absolute Gasteiger partial charge is 0.506 e. The molecule has 0 spiro atoms. The van der Waals surface area contributed by atoms with E-state index in [1.54, 1.807) is 6.92 Å². The molecular weight excluding hydrogens is 256 g/mol. The molecule has 0 aliphatic heterocycles. The SMILES string of the molecule is CCC(C)NC(=O)C(=O)Nc1cc(Cl)ccc1O. The van der Waals surface area contributed by atoms with Gasteiger partial charge in [0, 0.05) is 11.1 Å². The number of carbonyl (C=O) groups excluding carboxylic acids is 2. The second-order valence-corrected chi connectivity index (χ2v) is 4.33. The van der Waals surface area contributed by atoms with Gasteiger partial charge >= 0.3 is 11.8 Å². The minimum atomic E-state index is -0.840. The zero-order chi connectivity index (χ0) is 13.7. The zero-order valence-electron chi connectivity index (χ0n) is 10.2. The maximum absolute atomic E-state index is 11.6. The Morgan fingerprint density at radius 1 is 1.39 bits per heavy atom. The highest BCUT2D eigenvalue weighted by atomic mass is 35.5. The van der Waals surface area contributed by atoms with Crippen LogP contribution in [0, 0.1) is 0 Å². The van der Waals surface area contributed by atoms with E-state index in [0.717, 1.165) is 6.42 Å². The summed E-state index contributed by atoms with van der Waals surface area (Å²) < 4.78 is 0. The summed E-state index contributed by atoms with van der Waals surface area (Å²) in [6.07, 6.45) is 0.724. The molecule has 0 radical (unpaired) electrons. The summed E-state index contributed by atoms with van der Waals surface area (Å²) in [6, 6.07) is 4.10. The Balaban J connectivity index is 2.69. The number of nitrogens with one attached hydrogen (secondary N) is 2. The lowest BCUT2D eigenvalue weighted by atomic mass is 10.2. The third-order valence-electron chi connectivity index (χ3n) is 2.40. The van der Waals surface area contributed by atoms with Crippen LogP contribution in [0.15, 0.2) is 18.2 Å². The van der Waals surface area contributed by atoms with Crippen LogP contribution in [-0.2, 0) is 9.59 Å². The summed E-state index contributed by atoms with van der Waals surface area (Å²) >= 11 is 5.72. The van der Waals surface area contributed by atoms with E-state index in [2.05, 4.69) is 10.6 Å². The van der Waals surface area contributed by atoms with Crippen molar-refractivity contribution in [3.63, 3.8) is 0 Å². The van der Waals surface area contributed by atoms with Crippen molar-refractivity contribution in [1.29, 1.82) is 0 Å². The number of hydrogen-bond donors (Lipinski definition) is 3. The number of hydrogen-bond acceptors (Lipinski definition) is 3. The molecule has 0 aliphatic rings. The molecule has 5 nitrogen and oxygen atoms in total. The monoisotopic (exact) mass is 270 g/mol. The average Bonchev–Trinajstić information content (AvgIpc) is 2.33. The Hall–Kier alpha value is -1.75. The topological polar surface area (TPSA) is 78.4 Å². The Morgan fingerprint density at radius 2 is 2.06 bits per heavy atom. The van der Waals surface area contributed by atoms with E-state index in [0.29, 0.717) is 5.02 Å². The molecule has 1 aromatic carbocycles. The molecule has 0 aromatic heterocycles. The van der Waals surface area contributed by atoms with Crippen LogP contribution in [0.1, 0.15) is 20.3 Å². The highest BCUT2D eigenvalue weighted by molar-refractivity contribution is 6.40. The molecule has 2 amide bonds. The second-order valence-electron chi connectivity index (χ2n) is 3.90. The first kappa shape index (κ1) is 14.3. The number of phenols is 1. The molecule has 1 rings (SSSR count). The standard InChI is InChI=1S/C12H15ClN2O3/c1-3-7(2)14-11(17)12(18)15-9-6-8(13)4-5-10(9)16/h4-7,16H,3H2,1-2H3,(H,14,17)(H,15,18). The van der Waals surface area contributed by atoms with Gasteiger partial charge in [0.05, 0.1) is 5.69 Å². The molecule has 6 heteroatoms. The minimum Gasteiger partial charge on any atom is -0.506 e. The van der Waals surface area contributed by atoms with Gasteiger partial charge in [0.2, 0.25) is 0 Å². The summed E-state index contributed by atoms with van der Waals surface area (Å²) in [5, 5.41) is 14.7. The van der Waals surface area contributed by atoms with E-state index in [1.807, 2.05) is 6.92 Å². The highest BCUT2D eigenvalue weighted by Crippen LogP contribution is 2.26. The summed E-state index contributed by atoms with van der Waals surface area (Å²) in [4.78, 5) is 23.0. The number of anilines is 1. The Morgan fingerprint density at radius 3 is 2.67 bits per heavy atom. The van der Waals surface area contributed by atoms with Crippen molar-refractivity contribution >= 4 is 29.1 Å². The maximum Gasteiger partial charge on any atom is 0.313 e. The third kappa shape index (κ3) is 3.92. The van der Waals surface area contributed by atoms with Crippen molar-refractivity contribution < 1.29 is 14.7 Å². The minimum absolute atomic E-state index is 0.0868. The zero-order valence-corrected chi connectivity index (χ0v) is 10.9. The number of rotatable bonds is 3. The van der Waals surface area contributed by atoms with Crippen molar-refractivity contribution in [2.45, 2.75) is 26.3 Å². The molecule has 0 fully saturated rings. The van der Waals surface area contributed by atoms with Crippen LogP contribution in [-0.4, -0.2) is 23.0 Å². The highest BCUT2D eigenvalue weighted by Gasteiger charge is 2.16. The lowest BCUT2D eigenvalue weighted by molar-refractivity contribution is -0.136. The van der Waals surface area contributed by atoms with Crippen LogP contribution in [0.5, 0.6) is 5.75 Å². The predicted octanol–water partition coefficient (Wildman–Crippen LogP) is 1.90. The van der Waals surface area contributed by atoms with Crippen molar-refractivity contribution in [2.75, 3.05) is 5.32 Å². The number of amides is 2. The first-order chi connectivity index (χ1) is 8.43. The van der Waals surface area contributed by atoms with Crippen LogP contribution < -0.4 is 10.6 Å². The summed E-state index contributed by atoms with van der Waals surface area (Å²) in [5.41, 5.74) is 0.104. The fourth-order valence-corrected chi connectivity index (χ4v) is 1.35. The molecule has 18 heavy (non-hydrogen) atoms. The molecule has 1 aromatic rings. The van der Waals surface area contributed by atoms with Crippen LogP contribution in [0.25, 0.3) is 0 Å². The van der Waals surface area contributed by atoms with Gasteiger partial charge in [0.25, 0.3) is 0 Å². The van der Waals surface area contributed by atoms with Gasteiger partial charge in [-0.15, -0.1) is 0 Å². The quantitative estimate of drug-likeness (QED) is 0.580. The average molecular weight is 271 g/mol. The van der Waals surface area contributed by atoms with Gasteiger partial charge in [0.15, 0.2) is 0 Å². The van der Waals surface area contributed by atoms with E-state index in [9.17, 15) is 14.7 Å². The van der Waals surface area contributed by atoms with Gasteiger partial charge in [-0.3, -0.25) is 9.59 Å². The Kier molecular flexibility index (Phi) is 4.97. The van der Waals surface area contributed by atoms with E-state index in [1.165, 1.54) is 18.2 Å². The predicted molar refractivity (Wildman–Crippen MR) is 69.6 cm³/mol. The molecule has 1 atom stereocenters. The van der Waals surface area contributed by atoms with Gasteiger partial charge < -0.3 is 15.7 Å². The fraction of sp³-hybridized carbons (Fsp3) is 0.333. The number of benzene rings is 1. The van der Waals surface area contributed by atoms with Crippen molar-refractivity contribution in [3.05, 3.63) is 23.2 Å². The molecule has 98 valence electrons. The van der Waals surface area contributed by atoms with E-state index in [4.69, 9.17) is 11.6 Å².